The number of hydrogen-bond donors (Lipinski definition) is 1. The van der Waals surface area contributed by atoms with Crippen LogP contribution in [0.25, 0.3) is 0 Å². The van der Waals surface area contributed by atoms with Crippen molar-refractivity contribution in [2.24, 2.45) is 5.92 Å². The van der Waals surface area contributed by atoms with Crippen molar-refractivity contribution >= 4 is 6.09 Å². The first-order valence-electron chi connectivity index (χ1n) is 7.87. The number of rotatable bonds is 7. The van der Waals surface area contributed by atoms with Gasteiger partial charge in [0, 0.05) is 26.1 Å². The minimum Gasteiger partial charge on any atom is -0.469 e. The third-order valence-electron chi connectivity index (χ3n) is 3.19. The number of ether oxygens (including phenoxy) is 1. The minimum atomic E-state index is -0.454. The van der Waals surface area contributed by atoms with Crippen LogP contribution >= 0.6 is 0 Å². The lowest BCUT2D eigenvalue weighted by atomic mass is 10.1. The number of furan rings is 1. The Hall–Kier alpha value is -1.49. The van der Waals surface area contributed by atoms with Gasteiger partial charge in [0.25, 0.3) is 0 Å². The van der Waals surface area contributed by atoms with E-state index in [0.717, 1.165) is 18.7 Å². The molecule has 0 saturated heterocycles. The Morgan fingerprint density at radius 2 is 2.09 bits per heavy atom. The van der Waals surface area contributed by atoms with Gasteiger partial charge in [-0.2, -0.15) is 0 Å². The first-order valence-corrected chi connectivity index (χ1v) is 7.87. The van der Waals surface area contributed by atoms with Crippen molar-refractivity contribution in [1.29, 1.82) is 0 Å². The topological polar surface area (TPSA) is 54.7 Å². The fourth-order valence-corrected chi connectivity index (χ4v) is 2.15. The second-order valence-corrected chi connectivity index (χ2v) is 7.06. The van der Waals surface area contributed by atoms with Gasteiger partial charge < -0.3 is 19.4 Å². The van der Waals surface area contributed by atoms with Gasteiger partial charge in [0.15, 0.2) is 0 Å². The van der Waals surface area contributed by atoms with Gasteiger partial charge in [-0.25, -0.2) is 4.79 Å². The van der Waals surface area contributed by atoms with Gasteiger partial charge in [0.05, 0.1) is 6.26 Å². The third kappa shape index (κ3) is 7.50. The number of carbonyl (C=O) groups is 1. The summed E-state index contributed by atoms with van der Waals surface area (Å²) >= 11 is 0. The summed E-state index contributed by atoms with van der Waals surface area (Å²) in [5.41, 5.74) is -0.454. The molecule has 1 amide bonds. The molecule has 2 atom stereocenters. The number of amides is 1. The smallest absolute Gasteiger partial charge is 0.410 e. The Balaban J connectivity index is 2.27. The second-order valence-electron chi connectivity index (χ2n) is 7.06. The van der Waals surface area contributed by atoms with Crippen LogP contribution in [0.2, 0.25) is 0 Å². The lowest BCUT2D eigenvalue weighted by Gasteiger charge is -2.27. The number of nitrogens with zero attached hydrogens (tertiary/aromatic N) is 1. The Kier molecular flexibility index (Phi) is 6.94. The Labute approximate surface area is 134 Å². The zero-order valence-corrected chi connectivity index (χ0v) is 14.7. The van der Waals surface area contributed by atoms with E-state index in [2.05, 4.69) is 19.2 Å². The van der Waals surface area contributed by atoms with Gasteiger partial charge in [-0.3, -0.25) is 0 Å². The zero-order valence-electron chi connectivity index (χ0n) is 14.7. The Morgan fingerprint density at radius 1 is 1.41 bits per heavy atom. The van der Waals surface area contributed by atoms with E-state index in [-0.39, 0.29) is 6.09 Å². The molecule has 0 aliphatic carbocycles. The molecule has 1 aromatic heterocycles. The molecule has 126 valence electrons. The highest BCUT2D eigenvalue weighted by atomic mass is 16.6. The highest BCUT2D eigenvalue weighted by Gasteiger charge is 2.20. The SMILES string of the molecule is CC(CNC(C)Cc1ccco1)CN(C)C(=O)OC(C)(C)C. The molecule has 0 aliphatic heterocycles. The standard InChI is InChI=1S/C17H30N2O3/c1-13(12-19(6)16(20)22-17(3,4)5)11-18-14(2)10-15-8-7-9-21-15/h7-9,13-14,18H,10-12H2,1-6H3. The van der Waals surface area contributed by atoms with Gasteiger partial charge in [0.2, 0.25) is 0 Å². The maximum absolute atomic E-state index is 11.9. The first-order chi connectivity index (χ1) is 10.2. The molecule has 0 radical (unpaired) electrons. The number of nitrogens with one attached hydrogen (secondary N) is 1. The molecule has 0 spiro atoms. The molecule has 0 aliphatic rings. The fraction of sp³-hybridized carbons (Fsp3) is 0.706. The van der Waals surface area contributed by atoms with Gasteiger partial charge in [-0.05, 0) is 52.3 Å². The highest BCUT2D eigenvalue weighted by Crippen LogP contribution is 2.10. The Morgan fingerprint density at radius 3 is 2.64 bits per heavy atom. The zero-order chi connectivity index (χ0) is 16.8. The molecule has 1 aromatic rings. The molecular formula is C17H30N2O3. The summed E-state index contributed by atoms with van der Waals surface area (Å²) in [6.07, 6.45) is 2.28. The molecule has 5 heteroatoms. The summed E-state index contributed by atoms with van der Waals surface area (Å²) < 4.78 is 10.7. The predicted molar refractivity (Wildman–Crippen MR) is 87.9 cm³/mol. The molecule has 0 saturated carbocycles. The Bertz CT molecular complexity index is 437. The molecular weight excluding hydrogens is 280 g/mol. The summed E-state index contributed by atoms with van der Waals surface area (Å²) in [7, 11) is 1.77. The van der Waals surface area contributed by atoms with E-state index in [9.17, 15) is 4.79 Å². The van der Waals surface area contributed by atoms with Crippen LogP contribution in [-0.2, 0) is 11.2 Å². The van der Waals surface area contributed by atoms with Crippen LogP contribution in [0.3, 0.4) is 0 Å². The van der Waals surface area contributed by atoms with Crippen LogP contribution in [0.5, 0.6) is 0 Å². The molecule has 1 heterocycles. The average Bonchev–Trinajstić information content (AvgIpc) is 2.87. The van der Waals surface area contributed by atoms with Crippen LogP contribution in [0.1, 0.15) is 40.4 Å². The van der Waals surface area contributed by atoms with E-state index < -0.39 is 5.60 Å². The van der Waals surface area contributed by atoms with Crippen LogP contribution in [0, 0.1) is 5.92 Å². The maximum atomic E-state index is 11.9. The summed E-state index contributed by atoms with van der Waals surface area (Å²) in [5.74, 6) is 1.33. The summed E-state index contributed by atoms with van der Waals surface area (Å²) in [4.78, 5) is 13.5. The van der Waals surface area contributed by atoms with Crippen LogP contribution in [0.4, 0.5) is 4.79 Å². The quantitative estimate of drug-likeness (QED) is 0.839. The van der Waals surface area contributed by atoms with E-state index in [4.69, 9.17) is 9.15 Å². The van der Waals surface area contributed by atoms with Gasteiger partial charge >= 0.3 is 6.09 Å². The van der Waals surface area contributed by atoms with Gasteiger partial charge in [-0.1, -0.05) is 6.92 Å². The second kappa shape index (κ2) is 8.22. The van der Waals surface area contributed by atoms with E-state index in [1.165, 1.54) is 0 Å². The lowest BCUT2D eigenvalue weighted by Crippen LogP contribution is -2.40. The molecule has 2 unspecified atom stereocenters. The van der Waals surface area contributed by atoms with Crippen molar-refractivity contribution in [2.75, 3.05) is 20.1 Å². The molecule has 0 bridgehead atoms. The van der Waals surface area contributed by atoms with E-state index in [0.29, 0.717) is 18.5 Å². The van der Waals surface area contributed by atoms with E-state index >= 15 is 0 Å². The first kappa shape index (κ1) is 18.6. The normalized spacial score (nSPS) is 14.5. The third-order valence-corrected chi connectivity index (χ3v) is 3.19. The van der Waals surface area contributed by atoms with Crippen molar-refractivity contribution < 1.29 is 13.9 Å². The molecule has 0 fully saturated rings. The largest absolute Gasteiger partial charge is 0.469 e. The molecule has 22 heavy (non-hydrogen) atoms. The highest BCUT2D eigenvalue weighted by molar-refractivity contribution is 5.67. The maximum Gasteiger partial charge on any atom is 0.410 e. The van der Waals surface area contributed by atoms with Crippen LogP contribution in [-0.4, -0.2) is 42.8 Å². The average molecular weight is 310 g/mol. The van der Waals surface area contributed by atoms with Crippen molar-refractivity contribution in [2.45, 2.75) is 52.7 Å². The van der Waals surface area contributed by atoms with E-state index in [1.54, 1.807) is 18.2 Å². The number of carbonyl (C=O) groups excluding carboxylic acids is 1. The van der Waals surface area contributed by atoms with Crippen molar-refractivity contribution in [1.82, 2.24) is 10.2 Å². The van der Waals surface area contributed by atoms with Gasteiger partial charge in [0.1, 0.15) is 11.4 Å². The monoisotopic (exact) mass is 310 g/mol. The summed E-state index contributed by atoms with van der Waals surface area (Å²) in [5, 5.41) is 3.47. The van der Waals surface area contributed by atoms with Crippen LogP contribution in [0.15, 0.2) is 22.8 Å². The molecule has 5 nitrogen and oxygen atoms in total. The summed E-state index contributed by atoms with van der Waals surface area (Å²) in [6.45, 7) is 11.4. The summed E-state index contributed by atoms with van der Waals surface area (Å²) in [6, 6.07) is 4.22. The lowest BCUT2D eigenvalue weighted by molar-refractivity contribution is 0.0276. The van der Waals surface area contributed by atoms with Crippen molar-refractivity contribution in [3.63, 3.8) is 0 Å². The minimum absolute atomic E-state index is 0.275. The van der Waals surface area contributed by atoms with Crippen molar-refractivity contribution in [3.05, 3.63) is 24.2 Å². The molecule has 1 rings (SSSR count). The van der Waals surface area contributed by atoms with Crippen molar-refractivity contribution in [3.8, 4) is 0 Å². The number of hydrogen-bond acceptors (Lipinski definition) is 4. The molecule has 0 aromatic carbocycles. The van der Waals surface area contributed by atoms with Crippen LogP contribution < -0.4 is 5.32 Å². The fourth-order valence-electron chi connectivity index (χ4n) is 2.15. The van der Waals surface area contributed by atoms with Gasteiger partial charge in [-0.15, -0.1) is 0 Å². The predicted octanol–water partition coefficient (Wildman–Crippen LogP) is 3.30. The van der Waals surface area contributed by atoms with E-state index in [1.807, 2.05) is 32.9 Å². The molecule has 1 N–H and O–H groups in total.